The first-order valence-corrected chi connectivity index (χ1v) is 7.51. The van der Waals surface area contributed by atoms with Gasteiger partial charge >= 0.3 is 5.97 Å². The summed E-state index contributed by atoms with van der Waals surface area (Å²) < 4.78 is 0. The average molecular weight is 306 g/mol. The third-order valence-electron chi connectivity index (χ3n) is 3.90. The Morgan fingerprint density at radius 3 is 2.61 bits per heavy atom. The van der Waals surface area contributed by atoms with Crippen LogP contribution in [0.15, 0.2) is 59.6 Å². The highest BCUT2D eigenvalue weighted by molar-refractivity contribution is 6.14. The predicted molar refractivity (Wildman–Crippen MR) is 93.6 cm³/mol. The molecule has 2 aromatic rings. The number of rotatable bonds is 3. The van der Waals surface area contributed by atoms with E-state index in [0.717, 1.165) is 29.9 Å². The third-order valence-corrected chi connectivity index (χ3v) is 3.90. The molecule has 0 amide bonds. The standard InChI is InChI=1S/C19H18N2O2/c1-21-13-12-20-17(16-4-2-3-5-18(16)21)11-8-14-6-9-15(10-7-14)19(22)23/h2-11H,12-13H2,1H3,(H,22,23). The van der Waals surface area contributed by atoms with Crippen LogP contribution < -0.4 is 4.90 Å². The highest BCUT2D eigenvalue weighted by Crippen LogP contribution is 2.23. The molecule has 0 fully saturated rings. The topological polar surface area (TPSA) is 52.9 Å². The molecule has 116 valence electrons. The first-order valence-electron chi connectivity index (χ1n) is 7.51. The number of carbonyl (C=O) groups is 1. The Morgan fingerprint density at radius 1 is 1.13 bits per heavy atom. The summed E-state index contributed by atoms with van der Waals surface area (Å²) in [7, 11) is 2.08. The maximum atomic E-state index is 10.9. The van der Waals surface area contributed by atoms with Gasteiger partial charge in [0.25, 0.3) is 0 Å². The Morgan fingerprint density at radius 2 is 1.87 bits per heavy atom. The van der Waals surface area contributed by atoms with Crippen molar-refractivity contribution < 1.29 is 9.90 Å². The molecule has 0 unspecified atom stereocenters. The van der Waals surface area contributed by atoms with Gasteiger partial charge in [0.2, 0.25) is 0 Å². The van der Waals surface area contributed by atoms with Crippen molar-refractivity contribution in [3.05, 3.63) is 71.3 Å². The fourth-order valence-electron chi connectivity index (χ4n) is 2.60. The number of anilines is 1. The molecule has 0 atom stereocenters. The van der Waals surface area contributed by atoms with Gasteiger partial charge < -0.3 is 10.0 Å². The van der Waals surface area contributed by atoms with Gasteiger partial charge in [-0.2, -0.15) is 0 Å². The minimum absolute atomic E-state index is 0.293. The normalized spacial score (nSPS) is 14.3. The van der Waals surface area contributed by atoms with Gasteiger partial charge in [-0.1, -0.05) is 36.4 Å². The molecule has 0 bridgehead atoms. The summed E-state index contributed by atoms with van der Waals surface area (Å²) in [4.78, 5) is 17.8. The van der Waals surface area contributed by atoms with E-state index in [0.29, 0.717) is 5.56 Å². The van der Waals surface area contributed by atoms with E-state index in [4.69, 9.17) is 5.11 Å². The van der Waals surface area contributed by atoms with Crippen molar-refractivity contribution in [3.63, 3.8) is 0 Å². The van der Waals surface area contributed by atoms with Crippen LogP contribution in [0.3, 0.4) is 0 Å². The maximum absolute atomic E-state index is 10.9. The summed E-state index contributed by atoms with van der Waals surface area (Å²) in [5.74, 6) is -0.911. The number of nitrogens with zero attached hydrogens (tertiary/aromatic N) is 2. The molecular formula is C19H18N2O2. The number of fused-ring (bicyclic) bond motifs is 1. The van der Waals surface area contributed by atoms with Crippen molar-refractivity contribution in [1.82, 2.24) is 0 Å². The lowest BCUT2D eigenvalue weighted by Gasteiger charge is -2.18. The summed E-state index contributed by atoms with van der Waals surface area (Å²) in [5, 5.41) is 8.93. The summed E-state index contributed by atoms with van der Waals surface area (Å²) in [6, 6.07) is 15.1. The number of carboxylic acids is 1. The lowest BCUT2D eigenvalue weighted by molar-refractivity contribution is 0.0697. The molecule has 1 aliphatic heterocycles. The zero-order valence-electron chi connectivity index (χ0n) is 12.9. The number of hydrogen-bond acceptors (Lipinski definition) is 3. The summed E-state index contributed by atoms with van der Waals surface area (Å²) in [6.07, 6.45) is 3.96. The molecule has 23 heavy (non-hydrogen) atoms. The Bertz CT molecular complexity index is 776. The van der Waals surface area contributed by atoms with E-state index < -0.39 is 5.97 Å². The Hall–Kier alpha value is -2.88. The SMILES string of the molecule is CN1CCN=C(C=Cc2ccc(C(=O)O)cc2)c2ccccc21. The molecule has 0 aromatic heterocycles. The Labute approximate surface area is 135 Å². The van der Waals surface area contributed by atoms with Crippen molar-refractivity contribution in [1.29, 1.82) is 0 Å². The van der Waals surface area contributed by atoms with Gasteiger partial charge in [0.1, 0.15) is 0 Å². The van der Waals surface area contributed by atoms with Crippen molar-refractivity contribution >= 4 is 23.4 Å². The van der Waals surface area contributed by atoms with Crippen LogP contribution in [0.4, 0.5) is 5.69 Å². The second-order valence-corrected chi connectivity index (χ2v) is 5.47. The van der Waals surface area contributed by atoms with Crippen LogP contribution in [0.5, 0.6) is 0 Å². The van der Waals surface area contributed by atoms with E-state index in [1.807, 2.05) is 24.3 Å². The minimum atomic E-state index is -0.911. The minimum Gasteiger partial charge on any atom is -0.478 e. The van der Waals surface area contributed by atoms with Crippen LogP contribution in [-0.2, 0) is 0 Å². The lowest BCUT2D eigenvalue weighted by atomic mass is 10.1. The van der Waals surface area contributed by atoms with E-state index in [2.05, 4.69) is 29.1 Å². The monoisotopic (exact) mass is 306 g/mol. The number of allylic oxidation sites excluding steroid dienone is 1. The van der Waals surface area contributed by atoms with Gasteiger partial charge in [-0.05, 0) is 29.8 Å². The quantitative estimate of drug-likeness (QED) is 0.946. The van der Waals surface area contributed by atoms with Crippen LogP contribution in [0, 0.1) is 0 Å². The second-order valence-electron chi connectivity index (χ2n) is 5.47. The van der Waals surface area contributed by atoms with Crippen LogP contribution in [0.1, 0.15) is 21.5 Å². The molecule has 2 aromatic carbocycles. The number of para-hydroxylation sites is 1. The van der Waals surface area contributed by atoms with Crippen molar-refractivity contribution in [2.24, 2.45) is 4.99 Å². The van der Waals surface area contributed by atoms with Gasteiger partial charge in [-0.25, -0.2) is 4.79 Å². The largest absolute Gasteiger partial charge is 0.478 e. The molecule has 0 spiro atoms. The third kappa shape index (κ3) is 3.31. The zero-order chi connectivity index (χ0) is 16.2. The van der Waals surface area contributed by atoms with E-state index in [-0.39, 0.29) is 0 Å². The average Bonchev–Trinajstić information content (AvgIpc) is 2.73. The van der Waals surface area contributed by atoms with Crippen molar-refractivity contribution in [2.45, 2.75) is 0 Å². The van der Waals surface area contributed by atoms with Gasteiger partial charge in [-0.15, -0.1) is 0 Å². The molecule has 0 saturated heterocycles. The summed E-state index contributed by atoms with van der Waals surface area (Å²) in [5.41, 5.74) is 4.49. The molecule has 1 heterocycles. The molecule has 4 heteroatoms. The van der Waals surface area contributed by atoms with Gasteiger partial charge in [0.05, 0.1) is 17.8 Å². The Kier molecular flexibility index (Phi) is 4.24. The first kappa shape index (κ1) is 15.0. The summed E-state index contributed by atoms with van der Waals surface area (Å²) >= 11 is 0. The molecular weight excluding hydrogens is 288 g/mol. The molecule has 0 aliphatic carbocycles. The molecule has 4 nitrogen and oxygen atoms in total. The number of likely N-dealkylation sites (N-methyl/N-ethyl adjacent to an activating group) is 1. The van der Waals surface area contributed by atoms with Crippen molar-refractivity contribution in [3.8, 4) is 0 Å². The van der Waals surface area contributed by atoms with Crippen molar-refractivity contribution in [2.75, 3.05) is 25.0 Å². The number of benzene rings is 2. The predicted octanol–water partition coefficient (Wildman–Crippen LogP) is 3.34. The number of carboxylic acid groups (broad SMARTS) is 1. The van der Waals surface area contributed by atoms with E-state index in [1.54, 1.807) is 24.3 Å². The first-order chi connectivity index (χ1) is 11.1. The van der Waals surface area contributed by atoms with E-state index >= 15 is 0 Å². The van der Waals surface area contributed by atoms with Crippen LogP contribution >= 0.6 is 0 Å². The maximum Gasteiger partial charge on any atom is 0.335 e. The highest BCUT2D eigenvalue weighted by atomic mass is 16.4. The van der Waals surface area contributed by atoms with Crippen LogP contribution in [0.2, 0.25) is 0 Å². The smallest absolute Gasteiger partial charge is 0.335 e. The molecule has 1 N–H and O–H groups in total. The fraction of sp³-hybridized carbons (Fsp3) is 0.158. The van der Waals surface area contributed by atoms with Crippen LogP contribution in [0.25, 0.3) is 6.08 Å². The zero-order valence-corrected chi connectivity index (χ0v) is 12.9. The lowest BCUT2D eigenvalue weighted by Crippen LogP contribution is -2.20. The highest BCUT2D eigenvalue weighted by Gasteiger charge is 2.13. The van der Waals surface area contributed by atoms with Gasteiger partial charge in [0.15, 0.2) is 0 Å². The van der Waals surface area contributed by atoms with Crippen LogP contribution in [-0.4, -0.2) is 36.9 Å². The van der Waals surface area contributed by atoms with E-state index in [1.165, 1.54) is 5.69 Å². The van der Waals surface area contributed by atoms with Gasteiger partial charge in [-0.3, -0.25) is 4.99 Å². The molecule has 0 saturated carbocycles. The number of benzodiazepines with no additional fused rings is 1. The van der Waals surface area contributed by atoms with E-state index in [9.17, 15) is 4.79 Å². The second kappa shape index (κ2) is 6.48. The van der Waals surface area contributed by atoms with Gasteiger partial charge in [0, 0.05) is 24.8 Å². The number of hydrogen-bond donors (Lipinski definition) is 1. The number of aliphatic imine (C=N–C) groups is 1. The summed E-state index contributed by atoms with van der Waals surface area (Å²) in [6.45, 7) is 1.64. The fourth-order valence-corrected chi connectivity index (χ4v) is 2.60. The molecule has 3 rings (SSSR count). The Balaban J connectivity index is 1.88. The molecule has 1 aliphatic rings. The number of aromatic carboxylic acids is 1. The molecule has 0 radical (unpaired) electrons.